The Labute approximate surface area is 61.4 Å². The van der Waals surface area contributed by atoms with E-state index in [0.717, 1.165) is 24.3 Å². The molecule has 1 aliphatic rings. The van der Waals surface area contributed by atoms with Crippen molar-refractivity contribution in [1.82, 2.24) is 0 Å². The van der Waals surface area contributed by atoms with E-state index in [1.807, 2.05) is 19.9 Å². The molecule has 0 bridgehead atoms. The number of hydrogen-bond donors (Lipinski definition) is 0. The Balaban J connectivity index is 2.75. The molecule has 0 fully saturated rings. The van der Waals surface area contributed by atoms with Crippen LogP contribution in [0, 0.1) is 0 Å². The maximum atomic E-state index is 4.02. The molecule has 0 aromatic carbocycles. The first kappa shape index (κ1) is 7.19. The Hall–Kier alpha value is -0.920. The first-order chi connectivity index (χ1) is 4.79. The first-order valence-corrected chi connectivity index (χ1v) is 3.53. The zero-order chi connectivity index (χ0) is 7.40. The van der Waals surface area contributed by atoms with Crippen LogP contribution in [0.1, 0.15) is 26.7 Å². The van der Waals surface area contributed by atoms with Crippen molar-refractivity contribution in [3.05, 3.63) is 12.2 Å². The van der Waals surface area contributed by atoms with Crippen molar-refractivity contribution in [2.24, 2.45) is 10.2 Å². The molecule has 0 N–H and O–H groups in total. The SMILES string of the molecule is CC1=NN=C(C)CCC=C1. The lowest BCUT2D eigenvalue weighted by molar-refractivity contribution is 1.05. The molecule has 0 radical (unpaired) electrons. The van der Waals surface area contributed by atoms with Gasteiger partial charge in [0.15, 0.2) is 0 Å². The van der Waals surface area contributed by atoms with E-state index in [-0.39, 0.29) is 0 Å². The van der Waals surface area contributed by atoms with Crippen LogP contribution in [0.25, 0.3) is 0 Å². The first-order valence-electron chi connectivity index (χ1n) is 3.53. The van der Waals surface area contributed by atoms with Crippen LogP contribution < -0.4 is 0 Å². The predicted octanol–water partition coefficient (Wildman–Crippen LogP) is 2.17. The molecule has 0 aromatic heterocycles. The third-order valence-corrected chi connectivity index (χ3v) is 1.41. The van der Waals surface area contributed by atoms with E-state index in [0.29, 0.717) is 0 Å². The second-order valence-electron chi connectivity index (χ2n) is 2.52. The Morgan fingerprint density at radius 2 is 2.10 bits per heavy atom. The second-order valence-corrected chi connectivity index (χ2v) is 2.52. The van der Waals surface area contributed by atoms with Crippen LogP contribution in [-0.4, -0.2) is 11.4 Å². The van der Waals surface area contributed by atoms with Gasteiger partial charge in [-0.3, -0.25) is 0 Å². The third-order valence-electron chi connectivity index (χ3n) is 1.41. The van der Waals surface area contributed by atoms with Gasteiger partial charge in [-0.25, -0.2) is 0 Å². The molecule has 0 atom stereocenters. The summed E-state index contributed by atoms with van der Waals surface area (Å²) in [6, 6.07) is 0. The van der Waals surface area contributed by atoms with Gasteiger partial charge in [0, 0.05) is 5.71 Å². The van der Waals surface area contributed by atoms with Crippen molar-refractivity contribution in [2.45, 2.75) is 26.7 Å². The quantitative estimate of drug-likeness (QED) is 0.487. The number of nitrogens with zero attached hydrogens (tertiary/aromatic N) is 2. The molecule has 0 aromatic rings. The van der Waals surface area contributed by atoms with E-state index in [4.69, 9.17) is 0 Å². The highest BCUT2D eigenvalue weighted by atomic mass is 15.2. The Morgan fingerprint density at radius 3 is 2.90 bits per heavy atom. The van der Waals surface area contributed by atoms with Crippen LogP contribution in [0.15, 0.2) is 22.4 Å². The average molecular weight is 136 g/mol. The molecular weight excluding hydrogens is 124 g/mol. The molecule has 1 heterocycles. The molecule has 2 nitrogen and oxygen atoms in total. The largest absolute Gasteiger partial charge is 0.160 e. The summed E-state index contributed by atoms with van der Waals surface area (Å²) in [6.07, 6.45) is 6.27. The summed E-state index contributed by atoms with van der Waals surface area (Å²) in [7, 11) is 0. The van der Waals surface area contributed by atoms with Gasteiger partial charge in [-0.05, 0) is 32.8 Å². The predicted molar refractivity (Wildman–Crippen MR) is 44.6 cm³/mol. The third kappa shape index (κ3) is 2.13. The van der Waals surface area contributed by atoms with Crippen molar-refractivity contribution in [3.8, 4) is 0 Å². The minimum Gasteiger partial charge on any atom is -0.160 e. The van der Waals surface area contributed by atoms with Gasteiger partial charge >= 0.3 is 0 Å². The summed E-state index contributed by atoms with van der Waals surface area (Å²) < 4.78 is 0. The molecule has 0 saturated heterocycles. The fourth-order valence-electron chi connectivity index (χ4n) is 0.794. The molecule has 0 unspecified atom stereocenters. The second kappa shape index (κ2) is 3.30. The average Bonchev–Trinajstić information content (AvgIpc) is 1.90. The zero-order valence-electron chi connectivity index (χ0n) is 6.46. The van der Waals surface area contributed by atoms with Crippen molar-refractivity contribution >= 4 is 11.4 Å². The maximum absolute atomic E-state index is 4.02. The summed E-state index contributed by atoms with van der Waals surface area (Å²) in [5, 5.41) is 8.00. The van der Waals surface area contributed by atoms with E-state index in [1.54, 1.807) is 0 Å². The van der Waals surface area contributed by atoms with Crippen molar-refractivity contribution in [1.29, 1.82) is 0 Å². The van der Waals surface area contributed by atoms with Crippen LogP contribution in [0.4, 0.5) is 0 Å². The smallest absolute Gasteiger partial charge is 0.0596 e. The Kier molecular flexibility index (Phi) is 2.37. The molecule has 1 aliphatic heterocycles. The fraction of sp³-hybridized carbons (Fsp3) is 0.500. The molecular formula is C8H12N2. The monoisotopic (exact) mass is 136 g/mol. The highest BCUT2D eigenvalue weighted by Crippen LogP contribution is 1.99. The molecule has 1 rings (SSSR count). The standard InChI is InChI=1S/C8H12N2/c1-7-5-3-4-6-8(2)10-9-7/h3,5H,4,6H2,1-2H3. The van der Waals surface area contributed by atoms with E-state index >= 15 is 0 Å². The van der Waals surface area contributed by atoms with Crippen LogP contribution in [0.5, 0.6) is 0 Å². The summed E-state index contributed by atoms with van der Waals surface area (Å²) in [5.41, 5.74) is 2.10. The lowest BCUT2D eigenvalue weighted by Gasteiger charge is -1.97. The van der Waals surface area contributed by atoms with E-state index in [1.165, 1.54) is 0 Å². The molecule has 0 spiro atoms. The van der Waals surface area contributed by atoms with Gasteiger partial charge in [0.25, 0.3) is 0 Å². The maximum Gasteiger partial charge on any atom is 0.0596 e. The van der Waals surface area contributed by atoms with E-state index in [9.17, 15) is 0 Å². The number of rotatable bonds is 0. The Bertz CT molecular complexity index is 199. The molecule has 2 heteroatoms. The highest BCUT2D eigenvalue weighted by Gasteiger charge is 1.92. The van der Waals surface area contributed by atoms with E-state index in [2.05, 4.69) is 16.3 Å². The van der Waals surface area contributed by atoms with Gasteiger partial charge in [-0.1, -0.05) is 6.08 Å². The highest BCUT2D eigenvalue weighted by molar-refractivity contribution is 5.94. The summed E-state index contributed by atoms with van der Waals surface area (Å²) in [5.74, 6) is 0. The molecule has 0 saturated carbocycles. The molecule has 0 aliphatic carbocycles. The van der Waals surface area contributed by atoms with Crippen LogP contribution in [0.2, 0.25) is 0 Å². The zero-order valence-corrected chi connectivity index (χ0v) is 6.46. The normalized spacial score (nSPS) is 19.0. The van der Waals surface area contributed by atoms with Crippen molar-refractivity contribution in [3.63, 3.8) is 0 Å². The van der Waals surface area contributed by atoms with Gasteiger partial charge in [-0.2, -0.15) is 10.2 Å². The minimum absolute atomic E-state index is 0.985. The summed E-state index contributed by atoms with van der Waals surface area (Å²) in [4.78, 5) is 0. The number of allylic oxidation sites excluding steroid dienone is 2. The summed E-state index contributed by atoms with van der Waals surface area (Å²) in [6.45, 7) is 3.97. The van der Waals surface area contributed by atoms with Gasteiger partial charge in [0.1, 0.15) is 0 Å². The topological polar surface area (TPSA) is 24.7 Å². The van der Waals surface area contributed by atoms with Gasteiger partial charge in [-0.15, -0.1) is 0 Å². The van der Waals surface area contributed by atoms with Crippen molar-refractivity contribution < 1.29 is 0 Å². The van der Waals surface area contributed by atoms with Crippen LogP contribution >= 0.6 is 0 Å². The molecule has 0 amide bonds. The lowest BCUT2D eigenvalue weighted by atomic mass is 10.2. The molecule has 54 valence electrons. The van der Waals surface area contributed by atoms with Crippen molar-refractivity contribution in [2.75, 3.05) is 0 Å². The Morgan fingerprint density at radius 1 is 1.30 bits per heavy atom. The van der Waals surface area contributed by atoms with Crippen LogP contribution in [0.3, 0.4) is 0 Å². The van der Waals surface area contributed by atoms with Gasteiger partial charge in [0.2, 0.25) is 0 Å². The fourth-order valence-corrected chi connectivity index (χ4v) is 0.794. The molecule has 10 heavy (non-hydrogen) atoms. The number of hydrogen-bond acceptors (Lipinski definition) is 2. The lowest BCUT2D eigenvalue weighted by Crippen LogP contribution is -1.93. The van der Waals surface area contributed by atoms with Gasteiger partial charge < -0.3 is 0 Å². The van der Waals surface area contributed by atoms with Gasteiger partial charge in [0.05, 0.1) is 5.71 Å². The van der Waals surface area contributed by atoms with E-state index < -0.39 is 0 Å². The minimum atomic E-state index is 0.985. The van der Waals surface area contributed by atoms with Crippen LogP contribution in [-0.2, 0) is 0 Å². The summed E-state index contributed by atoms with van der Waals surface area (Å²) >= 11 is 0.